The summed E-state index contributed by atoms with van der Waals surface area (Å²) < 4.78 is 45.4. The number of nitrogen functional groups attached to an aromatic ring is 1. The van der Waals surface area contributed by atoms with E-state index >= 15 is 0 Å². The minimum absolute atomic E-state index is 0.0569. The van der Waals surface area contributed by atoms with Gasteiger partial charge in [0.25, 0.3) is 0 Å². The number of hydrogen-bond donors (Lipinski definition) is 2. The summed E-state index contributed by atoms with van der Waals surface area (Å²) in [6.45, 7) is 1.14. The molecule has 0 spiro atoms. The Bertz CT molecular complexity index is 849. The molecule has 3 rings (SSSR count). The van der Waals surface area contributed by atoms with Crippen LogP contribution in [0.2, 0.25) is 0 Å². The number of nitrogens with one attached hydrogen (secondary N) is 1. The Morgan fingerprint density at radius 3 is 2.50 bits per heavy atom. The van der Waals surface area contributed by atoms with E-state index in [0.29, 0.717) is 30.9 Å². The molecule has 0 radical (unpaired) electrons. The Kier molecular flexibility index (Phi) is 4.92. The van der Waals surface area contributed by atoms with Gasteiger partial charge in [0.15, 0.2) is 0 Å². The van der Waals surface area contributed by atoms with Crippen LogP contribution < -0.4 is 15.8 Å². The van der Waals surface area contributed by atoms with Crippen LogP contribution in [0.4, 0.5) is 30.6 Å². The van der Waals surface area contributed by atoms with Gasteiger partial charge in [-0.2, -0.15) is 18.2 Å². The molecule has 10 heteroatoms. The second-order valence-electron chi connectivity index (χ2n) is 5.27. The quantitative estimate of drug-likeness (QED) is 0.698. The van der Waals surface area contributed by atoms with Crippen molar-refractivity contribution in [3.63, 3.8) is 0 Å². The topological polar surface area (TPSA) is 90.9 Å². The van der Waals surface area contributed by atoms with Crippen LogP contribution in [-0.4, -0.2) is 26.1 Å². The molecule has 0 saturated carbocycles. The van der Waals surface area contributed by atoms with Gasteiger partial charge in [-0.15, -0.1) is 0 Å². The average Bonchev–Trinajstić information content (AvgIpc) is 3.09. The number of ether oxygens (including phenoxy) is 1. The lowest BCUT2D eigenvalue weighted by molar-refractivity contribution is -0.137. The summed E-state index contributed by atoms with van der Waals surface area (Å²) >= 11 is 0. The fraction of sp³-hybridized carbons (Fsp3) is 0.188. The van der Waals surface area contributed by atoms with E-state index in [9.17, 15) is 13.2 Å². The van der Waals surface area contributed by atoms with Gasteiger partial charge in [0.05, 0.1) is 18.4 Å². The van der Waals surface area contributed by atoms with Crippen LogP contribution in [-0.2, 0) is 12.7 Å². The van der Waals surface area contributed by atoms with Gasteiger partial charge in [0.1, 0.15) is 18.0 Å². The Morgan fingerprint density at radius 1 is 1.12 bits per heavy atom. The number of anilines is 3. The minimum atomic E-state index is -4.59. The van der Waals surface area contributed by atoms with Crippen LogP contribution in [0.3, 0.4) is 0 Å². The molecule has 136 valence electrons. The first-order chi connectivity index (χ1) is 12.4. The highest BCUT2D eigenvalue weighted by molar-refractivity contribution is 5.54. The molecule has 0 amide bonds. The van der Waals surface area contributed by atoms with Crippen LogP contribution in [0.1, 0.15) is 5.56 Å². The lowest BCUT2D eigenvalue weighted by atomic mass is 10.3. The lowest BCUT2D eigenvalue weighted by Gasteiger charge is -2.11. The summed E-state index contributed by atoms with van der Waals surface area (Å²) in [7, 11) is 0. The Hall–Kier alpha value is -3.30. The number of aromatic nitrogens is 4. The predicted molar refractivity (Wildman–Crippen MR) is 88.9 cm³/mol. The Morgan fingerprint density at radius 2 is 1.88 bits per heavy atom. The molecule has 0 saturated heterocycles. The second kappa shape index (κ2) is 7.30. The Balaban J connectivity index is 1.58. The second-order valence-corrected chi connectivity index (χ2v) is 5.27. The SMILES string of the molecule is Nc1nc(Nc2ccc(OCCn3cccc3)nc2)ncc1C(F)(F)F. The molecule has 0 aliphatic heterocycles. The zero-order chi connectivity index (χ0) is 18.6. The van der Waals surface area contributed by atoms with Gasteiger partial charge < -0.3 is 20.4 Å². The van der Waals surface area contributed by atoms with Crippen molar-refractivity contribution in [1.29, 1.82) is 0 Å². The van der Waals surface area contributed by atoms with Crippen LogP contribution in [0.5, 0.6) is 5.88 Å². The van der Waals surface area contributed by atoms with Gasteiger partial charge in [-0.25, -0.2) is 9.97 Å². The van der Waals surface area contributed by atoms with E-state index < -0.39 is 17.6 Å². The largest absolute Gasteiger partial charge is 0.476 e. The van der Waals surface area contributed by atoms with Crippen LogP contribution in [0, 0.1) is 0 Å². The molecule has 0 aliphatic rings. The highest BCUT2D eigenvalue weighted by atomic mass is 19.4. The van der Waals surface area contributed by atoms with Crippen LogP contribution in [0.25, 0.3) is 0 Å². The van der Waals surface area contributed by atoms with Crippen molar-refractivity contribution in [2.75, 3.05) is 17.7 Å². The van der Waals surface area contributed by atoms with Gasteiger partial charge in [-0.05, 0) is 18.2 Å². The number of hydrogen-bond acceptors (Lipinski definition) is 6. The summed E-state index contributed by atoms with van der Waals surface area (Å²) in [5.41, 5.74) is 4.74. The highest BCUT2D eigenvalue weighted by Crippen LogP contribution is 2.32. The molecule has 0 unspecified atom stereocenters. The van der Waals surface area contributed by atoms with E-state index in [1.54, 1.807) is 12.1 Å². The average molecular weight is 364 g/mol. The van der Waals surface area contributed by atoms with Gasteiger partial charge in [0.2, 0.25) is 11.8 Å². The van der Waals surface area contributed by atoms with E-state index in [0.717, 1.165) is 0 Å². The molecular weight excluding hydrogens is 349 g/mol. The molecule has 26 heavy (non-hydrogen) atoms. The number of halogens is 3. The van der Waals surface area contributed by atoms with Gasteiger partial charge in [-0.3, -0.25) is 0 Å². The van der Waals surface area contributed by atoms with Gasteiger partial charge in [0, 0.05) is 24.7 Å². The first-order valence-electron chi connectivity index (χ1n) is 7.58. The molecule has 3 aromatic rings. The Labute approximate surface area is 146 Å². The van der Waals surface area contributed by atoms with Crippen molar-refractivity contribution in [3.05, 3.63) is 54.6 Å². The molecule has 0 aliphatic carbocycles. The molecule has 3 aromatic heterocycles. The molecule has 0 aromatic carbocycles. The molecule has 0 bridgehead atoms. The first-order valence-corrected chi connectivity index (χ1v) is 7.58. The van der Waals surface area contributed by atoms with E-state index in [-0.39, 0.29) is 5.95 Å². The van der Waals surface area contributed by atoms with E-state index in [1.807, 2.05) is 29.1 Å². The minimum Gasteiger partial charge on any atom is -0.476 e. The predicted octanol–water partition coefficient (Wildman–Crippen LogP) is 3.10. The fourth-order valence-corrected chi connectivity index (χ4v) is 2.12. The van der Waals surface area contributed by atoms with Crippen LogP contribution in [0.15, 0.2) is 49.1 Å². The van der Waals surface area contributed by atoms with Crippen molar-refractivity contribution >= 4 is 17.5 Å². The molecule has 3 heterocycles. The first kappa shape index (κ1) is 17.5. The third-order valence-corrected chi connectivity index (χ3v) is 3.38. The van der Waals surface area contributed by atoms with Gasteiger partial charge in [-0.1, -0.05) is 0 Å². The zero-order valence-electron chi connectivity index (χ0n) is 13.4. The summed E-state index contributed by atoms with van der Waals surface area (Å²) in [6.07, 6.45) is 1.36. The summed E-state index contributed by atoms with van der Waals surface area (Å²) in [5.74, 6) is -0.276. The van der Waals surface area contributed by atoms with Crippen LogP contribution >= 0.6 is 0 Å². The summed E-state index contributed by atoms with van der Waals surface area (Å²) in [4.78, 5) is 11.3. The van der Waals surface area contributed by atoms with Crippen molar-refractivity contribution in [2.45, 2.75) is 12.7 Å². The number of alkyl halides is 3. The van der Waals surface area contributed by atoms with Crippen molar-refractivity contribution in [1.82, 2.24) is 19.5 Å². The smallest absolute Gasteiger partial charge is 0.421 e. The maximum absolute atomic E-state index is 12.6. The lowest BCUT2D eigenvalue weighted by Crippen LogP contribution is -2.12. The van der Waals surface area contributed by atoms with E-state index in [4.69, 9.17) is 10.5 Å². The molecule has 3 N–H and O–H groups in total. The third-order valence-electron chi connectivity index (χ3n) is 3.38. The number of pyridine rings is 1. The summed E-state index contributed by atoms with van der Waals surface area (Å²) in [5, 5.41) is 2.74. The molecule has 0 fully saturated rings. The molecule has 0 atom stereocenters. The van der Waals surface area contributed by atoms with E-state index in [1.165, 1.54) is 6.20 Å². The number of rotatable bonds is 6. The normalized spacial score (nSPS) is 11.3. The highest BCUT2D eigenvalue weighted by Gasteiger charge is 2.34. The monoisotopic (exact) mass is 364 g/mol. The number of nitrogens with zero attached hydrogens (tertiary/aromatic N) is 4. The third kappa shape index (κ3) is 4.41. The maximum Gasteiger partial charge on any atom is 0.421 e. The summed E-state index contributed by atoms with van der Waals surface area (Å²) in [6, 6.07) is 7.13. The maximum atomic E-state index is 12.6. The zero-order valence-corrected chi connectivity index (χ0v) is 13.4. The number of nitrogens with two attached hydrogens (primary N) is 1. The fourth-order valence-electron chi connectivity index (χ4n) is 2.12. The standard InChI is InChI=1S/C16H15F3N6O/c17-16(18,19)12-10-22-15(24-14(12)20)23-11-3-4-13(21-9-11)26-8-7-25-5-1-2-6-25/h1-6,9-10H,7-8H2,(H3,20,22,23,24). The van der Waals surface area contributed by atoms with Crippen molar-refractivity contribution in [2.24, 2.45) is 0 Å². The van der Waals surface area contributed by atoms with Crippen molar-refractivity contribution in [3.8, 4) is 5.88 Å². The molecule has 7 nitrogen and oxygen atoms in total. The molecular formula is C16H15F3N6O. The van der Waals surface area contributed by atoms with E-state index in [2.05, 4.69) is 20.3 Å². The van der Waals surface area contributed by atoms with Gasteiger partial charge >= 0.3 is 6.18 Å². The van der Waals surface area contributed by atoms with Crippen molar-refractivity contribution < 1.29 is 17.9 Å².